The van der Waals surface area contributed by atoms with Crippen molar-refractivity contribution in [2.75, 3.05) is 23.9 Å². The number of carbonyl (C=O) groups excluding carboxylic acids is 2. The van der Waals surface area contributed by atoms with Gasteiger partial charge in [-0.05, 0) is 24.5 Å². The number of likely N-dealkylation sites (N-methyl/N-ethyl adjacent to an activating group) is 1. The Kier molecular flexibility index (Phi) is 4.85. The molecule has 1 aliphatic heterocycles. The highest BCUT2D eigenvalue weighted by Crippen LogP contribution is 2.18. The van der Waals surface area contributed by atoms with E-state index in [2.05, 4.69) is 5.32 Å². The molecule has 0 aliphatic carbocycles. The molecule has 0 radical (unpaired) electrons. The number of anilines is 1. The summed E-state index contributed by atoms with van der Waals surface area (Å²) in [5.41, 5.74) is 1.55. The summed E-state index contributed by atoms with van der Waals surface area (Å²) in [5.74, 6) is -1.47. The van der Waals surface area contributed by atoms with E-state index in [0.717, 1.165) is 12.0 Å². The van der Waals surface area contributed by atoms with Crippen molar-refractivity contribution in [2.24, 2.45) is 0 Å². The van der Waals surface area contributed by atoms with E-state index >= 15 is 0 Å². The number of hydrogen-bond acceptors (Lipinski definition) is 4. The van der Waals surface area contributed by atoms with E-state index in [1.165, 1.54) is 11.9 Å². The quantitative estimate of drug-likeness (QED) is 0.835. The zero-order valence-corrected chi connectivity index (χ0v) is 13.5. The highest BCUT2D eigenvalue weighted by Gasteiger charge is 2.34. The summed E-state index contributed by atoms with van der Waals surface area (Å²) in [6.45, 7) is 1.96. The minimum Gasteiger partial charge on any atom is -0.333 e. The first-order valence-electron chi connectivity index (χ1n) is 7.20. The Labute approximate surface area is 130 Å². The number of nitrogens with zero attached hydrogens (tertiary/aromatic N) is 1. The van der Waals surface area contributed by atoms with E-state index in [-0.39, 0.29) is 11.5 Å². The first-order valence-corrected chi connectivity index (χ1v) is 9.02. The maximum Gasteiger partial charge on any atom is 0.313 e. The number of rotatable bonds is 3. The summed E-state index contributed by atoms with van der Waals surface area (Å²) in [5, 5.41) is 2.61. The van der Waals surface area contributed by atoms with Crippen LogP contribution < -0.4 is 5.32 Å². The van der Waals surface area contributed by atoms with Gasteiger partial charge in [0.2, 0.25) is 0 Å². The Morgan fingerprint density at radius 3 is 2.59 bits per heavy atom. The van der Waals surface area contributed by atoms with Crippen LogP contribution >= 0.6 is 0 Å². The largest absolute Gasteiger partial charge is 0.333 e. The van der Waals surface area contributed by atoms with Crippen LogP contribution in [0.5, 0.6) is 0 Å². The topological polar surface area (TPSA) is 83.6 Å². The number of para-hydroxylation sites is 1. The SMILES string of the molecule is CCc1ccccc1NC(=O)C(=O)N(C)C1CCS(=O)(=O)C1. The average Bonchev–Trinajstić information content (AvgIpc) is 2.86. The summed E-state index contributed by atoms with van der Waals surface area (Å²) in [7, 11) is -1.62. The minimum absolute atomic E-state index is 0.0651. The van der Waals surface area contributed by atoms with Crippen LogP contribution in [0.3, 0.4) is 0 Å². The predicted molar refractivity (Wildman–Crippen MR) is 84.3 cm³/mol. The molecule has 2 amide bonds. The predicted octanol–water partition coefficient (Wildman–Crippen LogP) is 0.833. The van der Waals surface area contributed by atoms with Crippen LogP contribution in [0.1, 0.15) is 18.9 Å². The number of sulfone groups is 1. The molecule has 0 saturated carbocycles. The molecule has 1 aromatic carbocycles. The third kappa shape index (κ3) is 3.65. The third-order valence-electron chi connectivity index (χ3n) is 3.92. The second-order valence-corrected chi connectivity index (χ2v) is 7.67. The van der Waals surface area contributed by atoms with E-state index in [4.69, 9.17) is 0 Å². The average molecular weight is 324 g/mol. The van der Waals surface area contributed by atoms with Crippen molar-refractivity contribution in [3.63, 3.8) is 0 Å². The van der Waals surface area contributed by atoms with Crippen LogP contribution in [-0.4, -0.2) is 49.7 Å². The summed E-state index contributed by atoms with van der Waals surface area (Å²) in [6, 6.07) is 6.85. The molecule has 120 valence electrons. The van der Waals surface area contributed by atoms with Crippen molar-refractivity contribution in [1.82, 2.24) is 4.90 Å². The molecule has 1 fully saturated rings. The fourth-order valence-corrected chi connectivity index (χ4v) is 4.31. The van der Waals surface area contributed by atoms with Gasteiger partial charge in [-0.1, -0.05) is 25.1 Å². The van der Waals surface area contributed by atoms with Crippen LogP contribution in [0, 0.1) is 0 Å². The first-order chi connectivity index (χ1) is 10.3. The molecule has 22 heavy (non-hydrogen) atoms. The Morgan fingerprint density at radius 1 is 1.32 bits per heavy atom. The Bertz CT molecular complexity index is 685. The Balaban J connectivity index is 2.05. The summed E-state index contributed by atoms with van der Waals surface area (Å²) in [4.78, 5) is 25.5. The molecule has 1 aromatic rings. The molecule has 2 rings (SSSR count). The van der Waals surface area contributed by atoms with Crippen molar-refractivity contribution >= 4 is 27.3 Å². The van der Waals surface area contributed by atoms with Crippen molar-refractivity contribution < 1.29 is 18.0 Å². The van der Waals surface area contributed by atoms with E-state index in [0.29, 0.717) is 12.1 Å². The number of benzene rings is 1. The van der Waals surface area contributed by atoms with Gasteiger partial charge in [0.15, 0.2) is 9.84 Å². The molecular weight excluding hydrogens is 304 g/mol. The van der Waals surface area contributed by atoms with Crippen LogP contribution in [0.4, 0.5) is 5.69 Å². The second kappa shape index (κ2) is 6.48. The lowest BCUT2D eigenvalue weighted by molar-refractivity contribution is -0.143. The van der Waals surface area contributed by atoms with Gasteiger partial charge in [0.25, 0.3) is 0 Å². The molecule has 1 aliphatic rings. The molecule has 1 heterocycles. The highest BCUT2D eigenvalue weighted by molar-refractivity contribution is 7.91. The molecular formula is C15H20N2O4S. The number of carbonyl (C=O) groups is 2. The maximum absolute atomic E-state index is 12.2. The molecule has 1 atom stereocenters. The normalized spacial score (nSPS) is 19.6. The molecule has 1 N–H and O–H groups in total. The third-order valence-corrected chi connectivity index (χ3v) is 5.67. The van der Waals surface area contributed by atoms with Gasteiger partial charge in [-0.2, -0.15) is 0 Å². The van der Waals surface area contributed by atoms with Gasteiger partial charge < -0.3 is 10.2 Å². The van der Waals surface area contributed by atoms with Gasteiger partial charge in [0, 0.05) is 18.8 Å². The number of aryl methyl sites for hydroxylation is 1. The smallest absolute Gasteiger partial charge is 0.313 e. The lowest BCUT2D eigenvalue weighted by atomic mass is 10.1. The fourth-order valence-electron chi connectivity index (χ4n) is 2.53. The van der Waals surface area contributed by atoms with E-state index in [9.17, 15) is 18.0 Å². The summed E-state index contributed by atoms with van der Waals surface area (Å²) in [6.07, 6.45) is 1.12. The summed E-state index contributed by atoms with van der Waals surface area (Å²) >= 11 is 0. The van der Waals surface area contributed by atoms with Crippen LogP contribution in [0.2, 0.25) is 0 Å². The molecule has 0 bridgehead atoms. The maximum atomic E-state index is 12.2. The van der Waals surface area contributed by atoms with Gasteiger partial charge >= 0.3 is 11.8 Å². The van der Waals surface area contributed by atoms with Crippen molar-refractivity contribution in [1.29, 1.82) is 0 Å². The lowest BCUT2D eigenvalue weighted by Gasteiger charge is -2.22. The minimum atomic E-state index is -3.09. The lowest BCUT2D eigenvalue weighted by Crippen LogP contribution is -2.44. The monoisotopic (exact) mass is 324 g/mol. The van der Waals surface area contributed by atoms with E-state index < -0.39 is 27.7 Å². The van der Waals surface area contributed by atoms with E-state index in [1.807, 2.05) is 19.1 Å². The van der Waals surface area contributed by atoms with Crippen LogP contribution in [0.25, 0.3) is 0 Å². The van der Waals surface area contributed by atoms with Gasteiger partial charge in [-0.3, -0.25) is 9.59 Å². The Morgan fingerprint density at radius 2 is 2.00 bits per heavy atom. The van der Waals surface area contributed by atoms with Crippen LogP contribution in [0.15, 0.2) is 24.3 Å². The zero-order valence-electron chi connectivity index (χ0n) is 12.7. The number of amides is 2. The first kappa shape index (κ1) is 16.5. The molecule has 1 unspecified atom stereocenters. The molecule has 1 saturated heterocycles. The van der Waals surface area contributed by atoms with Crippen molar-refractivity contribution in [2.45, 2.75) is 25.8 Å². The van der Waals surface area contributed by atoms with Crippen molar-refractivity contribution in [3.05, 3.63) is 29.8 Å². The van der Waals surface area contributed by atoms with Crippen LogP contribution in [-0.2, 0) is 25.8 Å². The Hall–Kier alpha value is -1.89. The number of nitrogens with one attached hydrogen (secondary N) is 1. The van der Waals surface area contributed by atoms with Gasteiger partial charge in [0.1, 0.15) is 0 Å². The fraction of sp³-hybridized carbons (Fsp3) is 0.467. The van der Waals surface area contributed by atoms with Gasteiger partial charge in [-0.15, -0.1) is 0 Å². The summed E-state index contributed by atoms with van der Waals surface area (Å²) < 4.78 is 22.9. The number of hydrogen-bond donors (Lipinski definition) is 1. The molecule has 7 heteroatoms. The van der Waals surface area contributed by atoms with E-state index in [1.54, 1.807) is 12.1 Å². The molecule has 0 spiro atoms. The molecule has 0 aromatic heterocycles. The standard InChI is InChI=1S/C15H20N2O4S/c1-3-11-6-4-5-7-13(11)16-14(18)15(19)17(2)12-8-9-22(20,21)10-12/h4-7,12H,3,8-10H2,1-2H3,(H,16,18). The highest BCUT2D eigenvalue weighted by atomic mass is 32.2. The second-order valence-electron chi connectivity index (χ2n) is 5.44. The van der Waals surface area contributed by atoms with Gasteiger partial charge in [0.05, 0.1) is 11.5 Å². The van der Waals surface area contributed by atoms with Gasteiger partial charge in [-0.25, -0.2) is 8.42 Å². The molecule has 6 nitrogen and oxygen atoms in total. The van der Waals surface area contributed by atoms with Crippen molar-refractivity contribution in [3.8, 4) is 0 Å². The zero-order chi connectivity index (χ0) is 16.3.